The Morgan fingerprint density at radius 1 is 1.30 bits per heavy atom. The lowest BCUT2D eigenvalue weighted by Gasteiger charge is -2.32. The molecule has 2 aromatic rings. The lowest BCUT2D eigenvalue weighted by molar-refractivity contribution is 0.00232. The molecule has 0 bridgehead atoms. The Bertz CT molecular complexity index is 726. The van der Waals surface area contributed by atoms with E-state index in [9.17, 15) is 4.79 Å². The van der Waals surface area contributed by atoms with E-state index < -0.39 is 0 Å². The van der Waals surface area contributed by atoms with Crippen LogP contribution in [0, 0.1) is 0 Å². The molecule has 2 aromatic heterocycles. The highest BCUT2D eigenvalue weighted by atomic mass is 16.5. The van der Waals surface area contributed by atoms with Crippen molar-refractivity contribution in [3.8, 4) is 0 Å². The van der Waals surface area contributed by atoms with Gasteiger partial charge in [0.05, 0.1) is 12.7 Å². The molecule has 1 atom stereocenters. The van der Waals surface area contributed by atoms with Gasteiger partial charge < -0.3 is 23.3 Å². The first-order chi connectivity index (χ1) is 13.3. The quantitative estimate of drug-likeness (QED) is 0.752. The number of amides is 1. The minimum absolute atomic E-state index is 0.0106. The van der Waals surface area contributed by atoms with Crippen LogP contribution >= 0.6 is 0 Å². The summed E-state index contributed by atoms with van der Waals surface area (Å²) in [5, 5.41) is 4.06. The van der Waals surface area contributed by atoms with Crippen LogP contribution in [0.5, 0.6) is 0 Å². The van der Waals surface area contributed by atoms with Crippen molar-refractivity contribution in [2.75, 3.05) is 32.9 Å². The Morgan fingerprint density at radius 3 is 3.00 bits per heavy atom. The average Bonchev–Trinajstić information content (AvgIpc) is 3.41. The zero-order valence-corrected chi connectivity index (χ0v) is 15.2. The number of aromatic nitrogens is 3. The van der Waals surface area contributed by atoms with Crippen molar-refractivity contribution >= 4 is 5.91 Å². The summed E-state index contributed by atoms with van der Waals surface area (Å²) >= 11 is 0. The van der Waals surface area contributed by atoms with Gasteiger partial charge in [-0.1, -0.05) is 5.16 Å². The van der Waals surface area contributed by atoms with Crippen molar-refractivity contribution in [1.82, 2.24) is 20.0 Å². The van der Waals surface area contributed by atoms with Gasteiger partial charge in [-0.3, -0.25) is 4.79 Å². The van der Waals surface area contributed by atoms with Gasteiger partial charge >= 0.3 is 0 Å². The van der Waals surface area contributed by atoms with E-state index in [-0.39, 0.29) is 12.0 Å². The largest absolute Gasteiger partial charge is 0.451 e. The van der Waals surface area contributed by atoms with E-state index in [1.807, 2.05) is 0 Å². The first-order valence-corrected chi connectivity index (χ1v) is 9.49. The number of hydrogen-bond acceptors (Lipinski definition) is 8. The highest BCUT2D eigenvalue weighted by molar-refractivity contribution is 5.91. The second-order valence-corrected chi connectivity index (χ2v) is 6.95. The van der Waals surface area contributed by atoms with Gasteiger partial charge in [0.2, 0.25) is 5.89 Å². The van der Waals surface area contributed by atoms with E-state index >= 15 is 0 Å². The van der Waals surface area contributed by atoms with E-state index in [4.69, 9.17) is 18.4 Å². The summed E-state index contributed by atoms with van der Waals surface area (Å²) in [6.07, 6.45) is 6.94. The number of likely N-dealkylation sites (tertiary alicyclic amines) is 1. The van der Waals surface area contributed by atoms with Crippen LogP contribution in [0.2, 0.25) is 0 Å². The number of ether oxygens (including phenoxy) is 2. The predicted molar refractivity (Wildman–Crippen MR) is 92.2 cm³/mol. The van der Waals surface area contributed by atoms with Crippen LogP contribution in [-0.2, 0) is 15.9 Å². The molecule has 9 nitrogen and oxygen atoms in total. The molecule has 0 N–H and O–H groups in total. The Kier molecular flexibility index (Phi) is 5.78. The number of nitrogens with zero attached hydrogens (tertiary/aromatic N) is 4. The number of piperidine rings is 1. The van der Waals surface area contributed by atoms with E-state index in [2.05, 4.69) is 15.1 Å². The van der Waals surface area contributed by atoms with Gasteiger partial charge in [0.15, 0.2) is 17.9 Å². The van der Waals surface area contributed by atoms with Gasteiger partial charge in [-0.2, -0.15) is 4.98 Å². The molecule has 1 amide bonds. The molecule has 1 unspecified atom stereocenters. The maximum Gasteiger partial charge on any atom is 0.275 e. The van der Waals surface area contributed by atoms with Gasteiger partial charge in [0.1, 0.15) is 6.26 Å². The SMILES string of the molecule is O=C(c1cocn1)N1CCCC(OCCc2noc(C3CCOCC3)n2)C1. The van der Waals surface area contributed by atoms with Crippen molar-refractivity contribution < 1.29 is 23.2 Å². The Hall–Kier alpha value is -2.26. The summed E-state index contributed by atoms with van der Waals surface area (Å²) < 4.78 is 21.6. The van der Waals surface area contributed by atoms with Crippen LogP contribution in [0.1, 0.15) is 53.8 Å². The van der Waals surface area contributed by atoms with Gasteiger partial charge in [-0.15, -0.1) is 0 Å². The summed E-state index contributed by atoms with van der Waals surface area (Å²) in [7, 11) is 0. The fraction of sp³-hybridized carbons (Fsp3) is 0.667. The summed E-state index contributed by atoms with van der Waals surface area (Å²) in [6.45, 7) is 3.27. The second-order valence-electron chi connectivity index (χ2n) is 6.95. The molecule has 4 heterocycles. The third-order valence-corrected chi connectivity index (χ3v) is 5.05. The van der Waals surface area contributed by atoms with Gasteiger partial charge in [-0.25, -0.2) is 4.98 Å². The zero-order valence-electron chi connectivity index (χ0n) is 15.2. The summed E-state index contributed by atoms with van der Waals surface area (Å²) in [5.74, 6) is 1.56. The smallest absolute Gasteiger partial charge is 0.275 e. The van der Waals surface area contributed by atoms with Gasteiger partial charge in [0, 0.05) is 38.6 Å². The molecule has 27 heavy (non-hydrogen) atoms. The summed E-state index contributed by atoms with van der Waals surface area (Å²) in [5.41, 5.74) is 0.336. The number of carbonyl (C=O) groups excluding carboxylic acids is 1. The summed E-state index contributed by atoms with van der Waals surface area (Å²) in [4.78, 5) is 22.6. The molecular formula is C18H24N4O5. The Morgan fingerprint density at radius 2 is 2.19 bits per heavy atom. The summed E-state index contributed by atoms with van der Waals surface area (Å²) in [6, 6.07) is 0. The predicted octanol–water partition coefficient (Wildman–Crippen LogP) is 1.82. The third-order valence-electron chi connectivity index (χ3n) is 5.05. The molecule has 146 valence electrons. The third kappa shape index (κ3) is 4.54. The topological polar surface area (TPSA) is 104 Å². The van der Waals surface area contributed by atoms with Crippen molar-refractivity contribution in [1.29, 1.82) is 0 Å². The monoisotopic (exact) mass is 376 g/mol. The number of oxazole rings is 1. The van der Waals surface area contributed by atoms with E-state index in [1.165, 1.54) is 12.7 Å². The molecule has 2 aliphatic heterocycles. The van der Waals surface area contributed by atoms with Crippen molar-refractivity contribution in [2.24, 2.45) is 0 Å². The lowest BCUT2D eigenvalue weighted by Crippen LogP contribution is -2.43. The van der Waals surface area contributed by atoms with Crippen LogP contribution in [0.25, 0.3) is 0 Å². The number of carbonyl (C=O) groups is 1. The van der Waals surface area contributed by atoms with Crippen LogP contribution in [0.4, 0.5) is 0 Å². The number of rotatable bonds is 6. The minimum Gasteiger partial charge on any atom is -0.451 e. The molecular weight excluding hydrogens is 352 g/mol. The van der Waals surface area contributed by atoms with Crippen molar-refractivity contribution in [3.05, 3.63) is 30.1 Å². The molecule has 0 aromatic carbocycles. The molecule has 2 aliphatic rings. The highest BCUT2D eigenvalue weighted by Crippen LogP contribution is 2.25. The van der Waals surface area contributed by atoms with Crippen LogP contribution in [0.15, 0.2) is 21.6 Å². The first-order valence-electron chi connectivity index (χ1n) is 9.49. The standard InChI is InChI=1S/C18H24N4O5/c23-18(15-11-25-12-19-15)22-6-1-2-14(10-22)26-9-5-16-20-17(27-21-16)13-3-7-24-8-4-13/h11-14H,1-10H2. The molecule has 9 heteroatoms. The normalized spacial score (nSPS) is 21.5. The van der Waals surface area contributed by atoms with Crippen LogP contribution in [0.3, 0.4) is 0 Å². The first kappa shape index (κ1) is 18.1. The lowest BCUT2D eigenvalue weighted by atomic mass is 10.0. The van der Waals surface area contributed by atoms with Gasteiger partial charge in [-0.05, 0) is 25.7 Å². The fourth-order valence-electron chi connectivity index (χ4n) is 3.54. The van der Waals surface area contributed by atoms with E-state index in [1.54, 1.807) is 4.90 Å². The Balaban J connectivity index is 1.23. The molecule has 0 saturated carbocycles. The van der Waals surface area contributed by atoms with Crippen LogP contribution < -0.4 is 0 Å². The van der Waals surface area contributed by atoms with Crippen molar-refractivity contribution in [2.45, 2.75) is 44.1 Å². The fourth-order valence-corrected chi connectivity index (χ4v) is 3.54. The Labute approximate surface area is 157 Å². The molecule has 2 fully saturated rings. The number of hydrogen-bond donors (Lipinski definition) is 0. The molecule has 0 spiro atoms. The maximum atomic E-state index is 12.4. The van der Waals surface area contributed by atoms with E-state index in [0.717, 1.165) is 38.9 Å². The van der Waals surface area contributed by atoms with Crippen LogP contribution in [-0.4, -0.2) is 64.9 Å². The molecule has 0 radical (unpaired) electrons. The highest BCUT2D eigenvalue weighted by Gasteiger charge is 2.26. The minimum atomic E-state index is -0.115. The average molecular weight is 376 g/mol. The molecule has 4 rings (SSSR count). The second kappa shape index (κ2) is 8.62. The maximum absolute atomic E-state index is 12.4. The zero-order chi connectivity index (χ0) is 18.5. The molecule has 0 aliphatic carbocycles. The van der Waals surface area contributed by atoms with Crippen molar-refractivity contribution in [3.63, 3.8) is 0 Å². The van der Waals surface area contributed by atoms with E-state index in [0.29, 0.717) is 49.4 Å². The van der Waals surface area contributed by atoms with Gasteiger partial charge in [0.25, 0.3) is 5.91 Å². The molecule has 2 saturated heterocycles.